The number of carbonyl (C=O) groups is 1. The van der Waals surface area contributed by atoms with Crippen LogP contribution in [0.25, 0.3) is 0 Å². The Kier molecular flexibility index (Phi) is 5.73. The molecule has 1 aliphatic rings. The van der Waals surface area contributed by atoms with Gasteiger partial charge in [0, 0.05) is 25.6 Å². The predicted octanol–water partition coefficient (Wildman–Crippen LogP) is 2.00. The third-order valence-electron chi connectivity index (χ3n) is 3.77. The van der Waals surface area contributed by atoms with E-state index in [0.29, 0.717) is 23.7 Å². The fourth-order valence-electron chi connectivity index (χ4n) is 2.51. The molecular formula is C16H21N3O2. The van der Waals surface area contributed by atoms with E-state index in [-0.39, 0.29) is 5.91 Å². The Bertz CT molecular complexity index is 524. The molecule has 1 saturated heterocycles. The zero-order chi connectivity index (χ0) is 15.1. The zero-order valence-corrected chi connectivity index (χ0v) is 12.3. The number of para-hydroxylation sites is 1. The molecule has 0 spiro atoms. The summed E-state index contributed by atoms with van der Waals surface area (Å²) in [7, 11) is 0. The maximum absolute atomic E-state index is 12.0. The van der Waals surface area contributed by atoms with Gasteiger partial charge >= 0.3 is 0 Å². The second-order valence-corrected chi connectivity index (χ2v) is 5.13. The van der Waals surface area contributed by atoms with Gasteiger partial charge in [-0.05, 0) is 18.6 Å². The molecule has 1 fully saturated rings. The number of carbonyl (C=O) groups excluding carboxylic acids is 1. The Hall–Kier alpha value is -1.90. The Balaban J connectivity index is 1.86. The Morgan fingerprint density at radius 2 is 2.33 bits per heavy atom. The van der Waals surface area contributed by atoms with Gasteiger partial charge < -0.3 is 10.1 Å². The number of amides is 1. The number of benzene rings is 1. The van der Waals surface area contributed by atoms with Crippen LogP contribution >= 0.6 is 0 Å². The highest BCUT2D eigenvalue weighted by molar-refractivity contribution is 5.92. The van der Waals surface area contributed by atoms with Crippen molar-refractivity contribution in [2.24, 2.45) is 0 Å². The number of nitrogens with zero attached hydrogens (tertiary/aromatic N) is 2. The molecule has 1 aromatic carbocycles. The van der Waals surface area contributed by atoms with E-state index in [1.165, 1.54) is 0 Å². The summed E-state index contributed by atoms with van der Waals surface area (Å²) in [6.07, 6.45) is 1.45. The van der Waals surface area contributed by atoms with Crippen LogP contribution in [-0.2, 0) is 9.53 Å². The lowest BCUT2D eigenvalue weighted by atomic mass is 10.1. The summed E-state index contributed by atoms with van der Waals surface area (Å²) in [5.41, 5.74) is 1.07. The van der Waals surface area contributed by atoms with Crippen LogP contribution in [0.4, 0.5) is 5.69 Å². The van der Waals surface area contributed by atoms with E-state index >= 15 is 0 Å². The van der Waals surface area contributed by atoms with Gasteiger partial charge in [-0.1, -0.05) is 19.1 Å². The number of anilines is 1. The zero-order valence-electron chi connectivity index (χ0n) is 12.3. The highest BCUT2D eigenvalue weighted by atomic mass is 16.5. The fourth-order valence-corrected chi connectivity index (χ4v) is 2.51. The van der Waals surface area contributed by atoms with Crippen molar-refractivity contribution in [3.63, 3.8) is 0 Å². The fraction of sp³-hybridized carbons (Fsp3) is 0.500. The van der Waals surface area contributed by atoms with Gasteiger partial charge in [0.2, 0.25) is 5.91 Å². The number of hydrogen-bond acceptors (Lipinski definition) is 4. The molecule has 1 aromatic rings. The summed E-state index contributed by atoms with van der Waals surface area (Å²) < 4.78 is 5.46. The minimum atomic E-state index is -0.0564. The van der Waals surface area contributed by atoms with Gasteiger partial charge in [0.15, 0.2) is 0 Å². The van der Waals surface area contributed by atoms with Crippen molar-refractivity contribution >= 4 is 11.6 Å². The molecule has 2 rings (SSSR count). The number of morpholine rings is 1. The molecule has 21 heavy (non-hydrogen) atoms. The molecule has 1 N–H and O–H groups in total. The first-order chi connectivity index (χ1) is 10.2. The van der Waals surface area contributed by atoms with Gasteiger partial charge in [0.1, 0.15) is 6.07 Å². The van der Waals surface area contributed by atoms with E-state index in [4.69, 9.17) is 10.00 Å². The molecule has 0 bridgehead atoms. The first-order valence-electron chi connectivity index (χ1n) is 7.35. The first-order valence-corrected chi connectivity index (χ1v) is 7.35. The molecule has 5 heteroatoms. The van der Waals surface area contributed by atoms with Crippen molar-refractivity contribution in [1.82, 2.24) is 4.90 Å². The number of nitrogens with one attached hydrogen (secondary N) is 1. The molecule has 112 valence electrons. The van der Waals surface area contributed by atoms with E-state index in [2.05, 4.69) is 23.2 Å². The monoisotopic (exact) mass is 287 g/mol. The largest absolute Gasteiger partial charge is 0.378 e. The minimum Gasteiger partial charge on any atom is -0.378 e. The summed E-state index contributed by atoms with van der Waals surface area (Å²) in [6.45, 7) is 5.21. The molecular weight excluding hydrogens is 266 g/mol. The number of hydrogen-bond donors (Lipinski definition) is 1. The lowest BCUT2D eigenvalue weighted by molar-refractivity contribution is -0.117. The van der Waals surface area contributed by atoms with Crippen molar-refractivity contribution < 1.29 is 9.53 Å². The summed E-state index contributed by atoms with van der Waals surface area (Å²) in [6, 6.07) is 9.53. The van der Waals surface area contributed by atoms with Crippen LogP contribution in [0, 0.1) is 11.3 Å². The quantitative estimate of drug-likeness (QED) is 0.899. The lowest BCUT2D eigenvalue weighted by Crippen LogP contribution is -2.46. The SMILES string of the molecule is CCC1COCCN1CCC(=O)Nc1ccccc1C#N. The van der Waals surface area contributed by atoms with Crippen LogP contribution in [0.1, 0.15) is 25.3 Å². The Labute approximate surface area is 125 Å². The molecule has 5 nitrogen and oxygen atoms in total. The van der Waals surface area contributed by atoms with Crippen LogP contribution < -0.4 is 5.32 Å². The normalized spacial score (nSPS) is 19.0. The third-order valence-corrected chi connectivity index (χ3v) is 3.77. The van der Waals surface area contributed by atoms with Crippen LogP contribution in [0.3, 0.4) is 0 Å². The highest BCUT2D eigenvalue weighted by Crippen LogP contribution is 2.15. The van der Waals surface area contributed by atoms with Crippen LogP contribution in [0.5, 0.6) is 0 Å². The lowest BCUT2D eigenvalue weighted by Gasteiger charge is -2.34. The van der Waals surface area contributed by atoms with Crippen molar-refractivity contribution in [3.8, 4) is 6.07 Å². The predicted molar refractivity (Wildman–Crippen MR) is 80.9 cm³/mol. The van der Waals surface area contributed by atoms with Crippen molar-refractivity contribution in [2.45, 2.75) is 25.8 Å². The molecule has 1 heterocycles. The van der Waals surface area contributed by atoms with Gasteiger partial charge in [-0.3, -0.25) is 9.69 Å². The maximum Gasteiger partial charge on any atom is 0.225 e. The molecule has 0 saturated carbocycles. The summed E-state index contributed by atoms with van der Waals surface area (Å²) >= 11 is 0. The number of rotatable bonds is 5. The van der Waals surface area contributed by atoms with Gasteiger partial charge in [-0.2, -0.15) is 5.26 Å². The van der Waals surface area contributed by atoms with Crippen molar-refractivity contribution in [1.29, 1.82) is 5.26 Å². The van der Waals surface area contributed by atoms with E-state index in [1.54, 1.807) is 18.2 Å². The van der Waals surface area contributed by atoms with Crippen molar-refractivity contribution in [3.05, 3.63) is 29.8 Å². The standard InChI is InChI=1S/C16H21N3O2/c1-2-14-12-21-10-9-19(14)8-7-16(20)18-15-6-4-3-5-13(15)11-17/h3-6,14H,2,7-10,12H2,1H3,(H,18,20). The molecule has 1 aliphatic heterocycles. The van der Waals surface area contributed by atoms with Crippen molar-refractivity contribution in [2.75, 3.05) is 31.6 Å². The molecule has 0 radical (unpaired) electrons. The van der Waals surface area contributed by atoms with Crippen LogP contribution in [0.15, 0.2) is 24.3 Å². The molecule has 0 aromatic heterocycles. The van der Waals surface area contributed by atoms with Gasteiger partial charge in [0.05, 0.1) is 24.5 Å². The van der Waals surface area contributed by atoms with E-state index in [0.717, 1.165) is 32.7 Å². The van der Waals surface area contributed by atoms with Gasteiger partial charge in [-0.15, -0.1) is 0 Å². The Morgan fingerprint density at radius 3 is 3.10 bits per heavy atom. The number of nitriles is 1. The minimum absolute atomic E-state index is 0.0564. The Morgan fingerprint density at radius 1 is 1.52 bits per heavy atom. The van der Waals surface area contributed by atoms with Gasteiger partial charge in [-0.25, -0.2) is 0 Å². The molecule has 1 amide bonds. The summed E-state index contributed by atoms with van der Waals surface area (Å²) in [5.74, 6) is -0.0564. The van der Waals surface area contributed by atoms with E-state index in [9.17, 15) is 4.79 Å². The molecule has 0 aliphatic carbocycles. The topological polar surface area (TPSA) is 65.4 Å². The number of ether oxygens (including phenoxy) is 1. The highest BCUT2D eigenvalue weighted by Gasteiger charge is 2.21. The maximum atomic E-state index is 12.0. The molecule has 1 unspecified atom stereocenters. The summed E-state index contributed by atoms with van der Waals surface area (Å²) in [5, 5.41) is 11.8. The first kappa shape index (κ1) is 15.5. The second kappa shape index (κ2) is 7.77. The molecule has 1 atom stereocenters. The summed E-state index contributed by atoms with van der Waals surface area (Å²) in [4.78, 5) is 14.3. The van der Waals surface area contributed by atoms with E-state index < -0.39 is 0 Å². The van der Waals surface area contributed by atoms with Crippen LogP contribution in [-0.4, -0.2) is 43.2 Å². The second-order valence-electron chi connectivity index (χ2n) is 5.13. The average molecular weight is 287 g/mol. The van der Waals surface area contributed by atoms with Crippen LogP contribution in [0.2, 0.25) is 0 Å². The third kappa shape index (κ3) is 4.28. The average Bonchev–Trinajstić information content (AvgIpc) is 2.53. The smallest absolute Gasteiger partial charge is 0.225 e. The van der Waals surface area contributed by atoms with Gasteiger partial charge in [0.25, 0.3) is 0 Å². The van der Waals surface area contributed by atoms with E-state index in [1.807, 2.05) is 6.07 Å².